The van der Waals surface area contributed by atoms with Crippen LogP contribution < -0.4 is 11.2 Å². The van der Waals surface area contributed by atoms with Gasteiger partial charge in [-0.25, -0.2) is 10.4 Å². The van der Waals surface area contributed by atoms with Crippen LogP contribution in [0.2, 0.25) is 0 Å². The van der Waals surface area contributed by atoms with E-state index in [1.807, 2.05) is 38.1 Å². The van der Waals surface area contributed by atoms with Crippen molar-refractivity contribution in [2.24, 2.45) is 10.7 Å². The molecule has 13 heavy (non-hydrogen) atoms. The molecule has 4 nitrogen and oxygen atoms in total. The maximum absolute atomic E-state index is 5.72. The zero-order valence-corrected chi connectivity index (χ0v) is 8.28. The maximum Gasteiger partial charge on any atom is 0.148 e. The van der Waals surface area contributed by atoms with E-state index in [-0.39, 0.29) is 6.17 Å². The van der Waals surface area contributed by atoms with Crippen LogP contribution in [-0.2, 0) is 0 Å². The predicted molar refractivity (Wildman–Crippen MR) is 54.6 cm³/mol. The Hall–Kier alpha value is -1.13. The molecule has 0 aliphatic carbocycles. The Kier molecular flexibility index (Phi) is 3.22. The van der Waals surface area contributed by atoms with Gasteiger partial charge >= 0.3 is 0 Å². The summed E-state index contributed by atoms with van der Waals surface area (Å²) in [4.78, 5) is 4.17. The van der Waals surface area contributed by atoms with Crippen molar-refractivity contribution in [3.63, 3.8) is 0 Å². The van der Waals surface area contributed by atoms with Crippen molar-refractivity contribution in [3.8, 4) is 0 Å². The summed E-state index contributed by atoms with van der Waals surface area (Å²) >= 11 is 0. The van der Waals surface area contributed by atoms with Crippen LogP contribution in [0, 0.1) is 0 Å². The molecule has 3 N–H and O–H groups in total. The van der Waals surface area contributed by atoms with Crippen LogP contribution >= 0.6 is 0 Å². The molecule has 1 unspecified atom stereocenters. The molecular weight excluding hydrogens is 164 g/mol. The van der Waals surface area contributed by atoms with Crippen LogP contribution in [0.25, 0.3) is 0 Å². The van der Waals surface area contributed by atoms with Crippen LogP contribution in [0.5, 0.6) is 0 Å². The van der Waals surface area contributed by atoms with Gasteiger partial charge < -0.3 is 5.73 Å². The lowest BCUT2D eigenvalue weighted by Gasteiger charge is -2.16. The van der Waals surface area contributed by atoms with Gasteiger partial charge in [0.25, 0.3) is 0 Å². The number of aliphatic imine (C=N–C) groups is 1. The SMILES string of the molecule is CC.CC1=C2N=CC=CN2NC1N. The summed E-state index contributed by atoms with van der Waals surface area (Å²) in [7, 11) is 0. The van der Waals surface area contributed by atoms with Crippen LogP contribution in [0.15, 0.2) is 28.7 Å². The summed E-state index contributed by atoms with van der Waals surface area (Å²) in [6.07, 6.45) is 5.43. The summed E-state index contributed by atoms with van der Waals surface area (Å²) in [5.41, 5.74) is 9.84. The highest BCUT2D eigenvalue weighted by molar-refractivity contribution is 5.73. The fourth-order valence-corrected chi connectivity index (χ4v) is 1.15. The molecule has 0 fully saturated rings. The van der Waals surface area contributed by atoms with Crippen molar-refractivity contribution < 1.29 is 0 Å². The first-order chi connectivity index (χ1) is 6.29. The normalized spacial score (nSPS) is 24.3. The molecule has 2 heterocycles. The second kappa shape index (κ2) is 4.20. The standard InChI is InChI=1S/C7H10N4.C2H6/c1-5-6(8)10-11-4-2-3-9-7(5)11;1-2/h2-4,6,10H,8H2,1H3;1-2H3. The molecular formula is C9H16N4. The van der Waals surface area contributed by atoms with Gasteiger partial charge in [0.15, 0.2) is 0 Å². The highest BCUT2D eigenvalue weighted by atomic mass is 15.6. The number of fused-ring (bicyclic) bond motifs is 1. The molecule has 0 spiro atoms. The number of hydrazine groups is 1. The minimum absolute atomic E-state index is 0.0927. The number of allylic oxidation sites excluding steroid dienone is 1. The maximum atomic E-state index is 5.72. The van der Waals surface area contributed by atoms with E-state index in [2.05, 4.69) is 10.4 Å². The largest absolute Gasteiger partial charge is 0.311 e. The minimum Gasteiger partial charge on any atom is -0.311 e. The van der Waals surface area contributed by atoms with Crippen molar-refractivity contribution in [1.82, 2.24) is 10.4 Å². The summed E-state index contributed by atoms with van der Waals surface area (Å²) in [5.74, 6) is 0.917. The van der Waals surface area contributed by atoms with Gasteiger partial charge in [0.2, 0.25) is 0 Å². The Morgan fingerprint density at radius 1 is 1.54 bits per heavy atom. The molecule has 2 aliphatic rings. The van der Waals surface area contributed by atoms with Crippen LogP contribution in [0.1, 0.15) is 20.8 Å². The third-order valence-electron chi connectivity index (χ3n) is 1.84. The third kappa shape index (κ3) is 1.79. The molecule has 0 radical (unpaired) electrons. The van der Waals surface area contributed by atoms with Crippen molar-refractivity contribution in [2.75, 3.05) is 0 Å². The van der Waals surface area contributed by atoms with Gasteiger partial charge in [-0.05, 0) is 13.0 Å². The molecule has 72 valence electrons. The van der Waals surface area contributed by atoms with Gasteiger partial charge in [-0.15, -0.1) is 0 Å². The van der Waals surface area contributed by atoms with Gasteiger partial charge in [0.1, 0.15) is 5.82 Å². The molecule has 0 saturated heterocycles. The van der Waals surface area contributed by atoms with Crippen LogP contribution in [0.4, 0.5) is 0 Å². The van der Waals surface area contributed by atoms with Crippen molar-refractivity contribution in [2.45, 2.75) is 26.9 Å². The van der Waals surface area contributed by atoms with E-state index in [1.165, 1.54) is 0 Å². The second-order valence-corrected chi connectivity index (χ2v) is 2.60. The van der Waals surface area contributed by atoms with E-state index in [1.54, 1.807) is 6.21 Å². The number of nitrogens with one attached hydrogen (secondary N) is 1. The molecule has 0 aromatic heterocycles. The van der Waals surface area contributed by atoms with Gasteiger partial charge in [-0.2, -0.15) is 0 Å². The van der Waals surface area contributed by atoms with E-state index < -0.39 is 0 Å². The molecule has 0 aromatic carbocycles. The summed E-state index contributed by atoms with van der Waals surface area (Å²) in [6, 6.07) is 0. The Balaban J connectivity index is 0.000000396. The zero-order valence-electron chi connectivity index (χ0n) is 8.28. The molecule has 4 heteroatoms. The molecule has 0 bridgehead atoms. The fraction of sp³-hybridized carbons (Fsp3) is 0.444. The Labute approximate surface area is 78.8 Å². The molecule has 2 rings (SSSR count). The fourth-order valence-electron chi connectivity index (χ4n) is 1.15. The highest BCUT2D eigenvalue weighted by Gasteiger charge is 2.24. The summed E-state index contributed by atoms with van der Waals surface area (Å²) in [5, 5.41) is 1.83. The minimum atomic E-state index is -0.0927. The molecule has 0 aromatic rings. The second-order valence-electron chi connectivity index (χ2n) is 2.60. The molecule has 0 saturated carbocycles. The monoisotopic (exact) mass is 180 g/mol. The van der Waals surface area contributed by atoms with Gasteiger partial charge in [-0.1, -0.05) is 13.8 Å². The average molecular weight is 180 g/mol. The predicted octanol–water partition coefficient (Wildman–Crippen LogP) is 0.947. The van der Waals surface area contributed by atoms with E-state index >= 15 is 0 Å². The van der Waals surface area contributed by atoms with Gasteiger partial charge in [0, 0.05) is 18.0 Å². The Morgan fingerprint density at radius 3 is 2.85 bits per heavy atom. The first-order valence-corrected chi connectivity index (χ1v) is 4.51. The number of nitrogens with two attached hydrogens (primary N) is 1. The number of rotatable bonds is 0. The summed E-state index contributed by atoms with van der Waals surface area (Å²) < 4.78 is 0. The van der Waals surface area contributed by atoms with Crippen LogP contribution in [0.3, 0.4) is 0 Å². The topological polar surface area (TPSA) is 53.6 Å². The van der Waals surface area contributed by atoms with Crippen molar-refractivity contribution >= 4 is 6.21 Å². The highest BCUT2D eigenvalue weighted by Crippen LogP contribution is 2.20. The lowest BCUT2D eigenvalue weighted by molar-refractivity contribution is 0.343. The Bertz CT molecular complexity index is 265. The van der Waals surface area contributed by atoms with Crippen LogP contribution in [-0.4, -0.2) is 17.4 Å². The molecule has 1 atom stereocenters. The zero-order chi connectivity index (χ0) is 9.84. The quantitative estimate of drug-likeness (QED) is 0.583. The first-order valence-electron chi connectivity index (χ1n) is 4.51. The van der Waals surface area contributed by atoms with Crippen molar-refractivity contribution in [1.29, 1.82) is 0 Å². The number of hydrogen-bond donors (Lipinski definition) is 2. The van der Waals surface area contributed by atoms with Gasteiger partial charge in [-0.3, -0.25) is 5.01 Å². The van der Waals surface area contributed by atoms with E-state index in [0.717, 1.165) is 11.4 Å². The smallest absolute Gasteiger partial charge is 0.148 e. The molecule has 2 aliphatic heterocycles. The van der Waals surface area contributed by atoms with Crippen molar-refractivity contribution in [3.05, 3.63) is 23.7 Å². The number of hydrogen-bond acceptors (Lipinski definition) is 4. The third-order valence-corrected chi connectivity index (χ3v) is 1.84. The van der Waals surface area contributed by atoms with E-state index in [9.17, 15) is 0 Å². The summed E-state index contributed by atoms with van der Waals surface area (Å²) in [6.45, 7) is 5.98. The first kappa shape index (κ1) is 9.95. The van der Waals surface area contributed by atoms with E-state index in [4.69, 9.17) is 5.73 Å². The van der Waals surface area contributed by atoms with Gasteiger partial charge in [0.05, 0.1) is 6.17 Å². The van der Waals surface area contributed by atoms with E-state index in [0.29, 0.717) is 0 Å². The average Bonchev–Trinajstić information content (AvgIpc) is 2.47. The molecule has 0 amide bonds. The lowest BCUT2D eigenvalue weighted by Crippen LogP contribution is -2.39. The lowest BCUT2D eigenvalue weighted by atomic mass is 10.2. The number of nitrogens with zero attached hydrogens (tertiary/aromatic N) is 2. The Morgan fingerprint density at radius 2 is 2.23 bits per heavy atom.